The summed E-state index contributed by atoms with van der Waals surface area (Å²) >= 11 is 0.791. The molecular formula is C16H28Ac2BN4O7S. The summed E-state index contributed by atoms with van der Waals surface area (Å²) in [5.41, 5.74) is 9.02. The molecule has 2 aliphatic rings. The van der Waals surface area contributed by atoms with Gasteiger partial charge in [0.2, 0.25) is 13.4 Å². The molecule has 10 atom stereocenters. The zero-order valence-corrected chi connectivity index (χ0v) is 28.2. The van der Waals surface area contributed by atoms with Crippen molar-refractivity contribution in [2.24, 2.45) is 17.0 Å². The predicted octanol–water partition coefficient (Wildman–Crippen LogP) is 1.01. The molecule has 0 spiro atoms. The molecule has 2 rings (SSSR count). The zero-order valence-electron chi connectivity index (χ0n) is 18.9. The van der Waals surface area contributed by atoms with Crippen LogP contribution >= 0.6 is 11.9 Å². The molecule has 0 saturated carbocycles. The molecule has 2 aliphatic heterocycles. The van der Waals surface area contributed by atoms with E-state index in [-0.39, 0.29) is 107 Å². The van der Waals surface area contributed by atoms with E-state index in [0.29, 0.717) is 0 Å². The Balaban J connectivity index is 0.00000480. The first kappa shape index (κ1) is 30.9. The third kappa shape index (κ3) is 8.47. The van der Waals surface area contributed by atoms with Crippen LogP contribution in [-0.2, 0) is 23.1 Å². The molecular weight excluding hydrogens is 857 g/mol. The van der Waals surface area contributed by atoms with E-state index < -0.39 is 55.1 Å². The van der Waals surface area contributed by atoms with Gasteiger partial charge in [0.1, 0.15) is 18.3 Å². The van der Waals surface area contributed by atoms with Gasteiger partial charge in [0.15, 0.2) is 12.2 Å². The predicted molar refractivity (Wildman–Crippen MR) is 106 cm³/mol. The van der Waals surface area contributed by atoms with Crippen LogP contribution in [0.25, 0.3) is 10.4 Å². The molecule has 3 radical (unpaired) electrons. The summed E-state index contributed by atoms with van der Waals surface area (Å²) < 4.78 is 35.5. The van der Waals surface area contributed by atoms with Crippen LogP contribution in [0, 0.1) is 105 Å². The van der Waals surface area contributed by atoms with Gasteiger partial charge in [-0.2, -0.15) is 0 Å². The normalized spacial score (nSPS) is 40.3. The first-order valence-electron chi connectivity index (χ1n) is 9.86. The standard InChI is InChI=1S/C16H28BN4O7S.2Ac/c1-6-11(20-21-19)15(26-10(5-22)14(6)28-29-17)27-13-7(2)12(23)16(24-8(13)3)25-9(4)18;;/h6-8,10-18,22-23H,5H2,1-4H3;;/t6-,7-,8?,10?,11?,12?,13-,14-,15+,16+;;/m1../s1/i17T;;. The summed E-state index contributed by atoms with van der Waals surface area (Å²) in [5, 5.41) is 31.5. The second-order valence-electron chi connectivity index (χ2n) is 7.27. The fourth-order valence-corrected chi connectivity index (χ4v) is 4.13. The molecule has 0 bridgehead atoms. The minimum Gasteiger partial charge on any atom is -0.450 e. The Bertz CT molecular complexity index is 645. The number of nitrogens with zero attached hydrogens (tertiary/aromatic N) is 3. The van der Waals surface area contributed by atoms with Crippen LogP contribution in [-0.4, -0.2) is 80.3 Å². The second-order valence-corrected chi connectivity index (χ2v) is 7.66. The first-order chi connectivity index (χ1) is 14.2. The van der Waals surface area contributed by atoms with Crippen molar-refractivity contribution in [2.45, 2.75) is 76.8 Å². The molecule has 0 amide bonds. The van der Waals surface area contributed by atoms with Crippen LogP contribution in [0.1, 0.15) is 27.7 Å². The molecule has 4 unspecified atom stereocenters. The minimum atomic E-state index is -1.06. The number of aliphatic hydroxyl groups excluding tert-OH is 2. The number of hydrogen-bond acceptors (Lipinski definition) is 10. The van der Waals surface area contributed by atoms with Gasteiger partial charge < -0.3 is 33.3 Å². The SMILES string of the molecule is [3H][B]SO[C@H]1C(CO)O[C@@H](O[C@H]2C(C)O[C@@H](OC(C)=N)C(O)[C@H]2C)C(N=[N+]=[N-])[C@H]1C.[Ac].[Ac]. The molecule has 2 fully saturated rings. The molecule has 0 aromatic carbocycles. The summed E-state index contributed by atoms with van der Waals surface area (Å²) in [6.07, 6.45) is -5.61. The van der Waals surface area contributed by atoms with E-state index in [2.05, 4.69) is 10.0 Å². The average Bonchev–Trinajstić information content (AvgIpc) is 2.70. The van der Waals surface area contributed by atoms with Crippen molar-refractivity contribution < 1.29 is 121 Å². The van der Waals surface area contributed by atoms with Gasteiger partial charge in [-0.1, -0.05) is 30.9 Å². The molecule has 11 nitrogen and oxygen atoms in total. The van der Waals surface area contributed by atoms with Gasteiger partial charge in [0, 0.05) is 106 Å². The summed E-state index contributed by atoms with van der Waals surface area (Å²) in [6, 6.07) is -0.775. The average molecular weight is 887 g/mol. The third-order valence-corrected chi connectivity index (χ3v) is 5.61. The van der Waals surface area contributed by atoms with E-state index in [1.165, 1.54) is 6.92 Å². The van der Waals surface area contributed by atoms with Crippen molar-refractivity contribution in [3.05, 3.63) is 10.4 Å². The monoisotopic (exact) mass is 887 g/mol. The van der Waals surface area contributed by atoms with Gasteiger partial charge in [-0.3, -0.25) is 5.41 Å². The number of nitrogens with one attached hydrogen (secondary N) is 1. The van der Waals surface area contributed by atoms with E-state index in [1.54, 1.807) is 20.8 Å². The van der Waals surface area contributed by atoms with Crippen LogP contribution < -0.4 is 0 Å². The molecule has 0 aromatic rings. The molecule has 169 valence electrons. The van der Waals surface area contributed by atoms with E-state index in [4.69, 9.17) is 35.4 Å². The van der Waals surface area contributed by atoms with Crippen molar-refractivity contribution in [3.63, 3.8) is 0 Å². The number of aliphatic hydroxyl groups is 2. The van der Waals surface area contributed by atoms with Crippen molar-refractivity contribution >= 4 is 24.9 Å². The Morgan fingerprint density at radius 2 is 1.94 bits per heavy atom. The molecule has 31 heavy (non-hydrogen) atoms. The summed E-state index contributed by atoms with van der Waals surface area (Å²) in [4.78, 5) is 2.89. The molecule has 0 aliphatic carbocycles. The van der Waals surface area contributed by atoms with Crippen molar-refractivity contribution in [1.82, 2.24) is 0 Å². The molecule has 2 saturated heterocycles. The Morgan fingerprint density at radius 3 is 2.48 bits per heavy atom. The fraction of sp³-hybridized carbons (Fsp3) is 0.938. The fourth-order valence-electron chi connectivity index (χ4n) is 3.70. The second kappa shape index (κ2) is 15.8. The van der Waals surface area contributed by atoms with Crippen LogP contribution in [0.4, 0.5) is 0 Å². The van der Waals surface area contributed by atoms with E-state index in [9.17, 15) is 10.2 Å². The summed E-state index contributed by atoms with van der Waals surface area (Å²) in [5.74, 6) is -0.912. The Labute approximate surface area is 260 Å². The number of azide groups is 1. The Morgan fingerprint density at radius 1 is 1.26 bits per heavy atom. The van der Waals surface area contributed by atoms with Crippen LogP contribution in [0.2, 0.25) is 0 Å². The van der Waals surface area contributed by atoms with Crippen molar-refractivity contribution in [2.75, 3.05) is 6.61 Å². The summed E-state index contributed by atoms with van der Waals surface area (Å²) in [6.45, 7) is 6.37. The maximum absolute atomic E-state index is 10.5. The van der Waals surface area contributed by atoms with E-state index in [0.717, 1.165) is 19.0 Å². The molecule has 2 heterocycles. The molecule has 15 heteroatoms. The van der Waals surface area contributed by atoms with Crippen molar-refractivity contribution in [1.29, 1.82) is 6.74 Å². The van der Waals surface area contributed by atoms with Gasteiger partial charge in [-0.15, -0.1) is 0 Å². The maximum Gasteiger partial charge on any atom is 0.228 e. The van der Waals surface area contributed by atoms with Crippen molar-refractivity contribution in [3.8, 4) is 0 Å². The quantitative estimate of drug-likeness (QED) is 0.0621. The largest absolute Gasteiger partial charge is 0.450 e. The minimum absolute atomic E-state index is 0. The Kier molecular flexibility index (Phi) is 15.7. The number of ether oxygens (including phenoxy) is 4. The maximum atomic E-state index is 10.5. The first-order valence-corrected chi connectivity index (χ1v) is 10.1. The molecule has 3 N–H and O–H groups in total. The smallest absolute Gasteiger partial charge is 0.228 e. The van der Waals surface area contributed by atoms with Gasteiger partial charge >= 0.3 is 0 Å². The Hall–Kier alpha value is 1.84. The van der Waals surface area contributed by atoms with Gasteiger partial charge in [-0.05, 0) is 19.7 Å². The van der Waals surface area contributed by atoms with Gasteiger partial charge in [0.05, 0.1) is 24.9 Å². The van der Waals surface area contributed by atoms with E-state index in [1.807, 2.05) is 0 Å². The van der Waals surface area contributed by atoms with Crippen LogP contribution in [0.5, 0.6) is 0 Å². The number of rotatable bonds is 8. The third-order valence-electron chi connectivity index (χ3n) is 5.27. The summed E-state index contributed by atoms with van der Waals surface area (Å²) in [7, 11) is 1.00. The van der Waals surface area contributed by atoms with Crippen LogP contribution in [0.15, 0.2) is 5.11 Å². The topological polar surface area (TPSA) is 159 Å². The number of hydrogen-bond donors (Lipinski definition) is 3. The van der Waals surface area contributed by atoms with Crippen LogP contribution in [0.3, 0.4) is 0 Å². The van der Waals surface area contributed by atoms with Gasteiger partial charge in [0.25, 0.3) is 0 Å². The van der Waals surface area contributed by atoms with Gasteiger partial charge in [-0.25, -0.2) is 0 Å². The zero-order chi connectivity index (χ0) is 22.4. The van der Waals surface area contributed by atoms with E-state index >= 15 is 0 Å². The molecule has 0 aromatic heterocycles.